The molecule has 0 radical (unpaired) electrons. The SMILES string of the molecule is O=S(=O)([O-])CCN1CCN(CCO)CC1.[Li+]. The van der Waals surface area contributed by atoms with E-state index in [0.717, 1.165) is 26.2 Å². The van der Waals surface area contributed by atoms with Crippen LogP contribution >= 0.6 is 0 Å². The molecule has 0 aromatic rings. The van der Waals surface area contributed by atoms with E-state index in [9.17, 15) is 13.0 Å². The molecule has 1 rings (SSSR count). The van der Waals surface area contributed by atoms with E-state index in [1.54, 1.807) is 0 Å². The zero-order valence-corrected chi connectivity index (χ0v) is 10.4. The van der Waals surface area contributed by atoms with Crippen LogP contribution in [0, 0.1) is 0 Å². The van der Waals surface area contributed by atoms with Crippen LogP contribution in [-0.4, -0.2) is 79.5 Å². The smallest absolute Gasteiger partial charge is 0.748 e. The summed E-state index contributed by atoms with van der Waals surface area (Å²) in [5, 5.41) is 8.72. The fourth-order valence-electron chi connectivity index (χ4n) is 1.62. The molecule has 16 heavy (non-hydrogen) atoms. The summed E-state index contributed by atoms with van der Waals surface area (Å²) in [6.45, 7) is 4.28. The van der Waals surface area contributed by atoms with Crippen LogP contribution in [0.2, 0.25) is 0 Å². The van der Waals surface area contributed by atoms with Crippen LogP contribution in [0.15, 0.2) is 0 Å². The van der Waals surface area contributed by atoms with Crippen molar-refractivity contribution in [3.63, 3.8) is 0 Å². The molecule has 6 nitrogen and oxygen atoms in total. The third-order valence-corrected chi connectivity index (χ3v) is 3.22. The van der Waals surface area contributed by atoms with Gasteiger partial charge in [0.25, 0.3) is 0 Å². The van der Waals surface area contributed by atoms with E-state index in [4.69, 9.17) is 5.11 Å². The van der Waals surface area contributed by atoms with Crippen LogP contribution in [0.5, 0.6) is 0 Å². The molecule has 0 spiro atoms. The second kappa shape index (κ2) is 7.66. The standard InChI is InChI=1S/C8H18N2O4S.Li/c11-7-5-9-1-3-10(4-2-9)6-8-15(12,13)14;/h11H,1-8H2,(H,12,13,14);/q;+1/p-1. The number of hydrogen-bond acceptors (Lipinski definition) is 6. The van der Waals surface area contributed by atoms with E-state index >= 15 is 0 Å². The zero-order chi connectivity index (χ0) is 11.3. The van der Waals surface area contributed by atoms with E-state index in [-0.39, 0.29) is 31.2 Å². The van der Waals surface area contributed by atoms with Gasteiger partial charge < -0.3 is 9.66 Å². The normalized spacial score (nSPS) is 19.4. The molecule has 0 aliphatic carbocycles. The Morgan fingerprint density at radius 3 is 1.88 bits per heavy atom. The first-order valence-corrected chi connectivity index (χ1v) is 6.58. The van der Waals surface area contributed by atoms with Crippen molar-refractivity contribution in [2.24, 2.45) is 0 Å². The topological polar surface area (TPSA) is 83.9 Å². The number of aliphatic hydroxyl groups excluding tert-OH is 1. The van der Waals surface area contributed by atoms with Gasteiger partial charge in [-0.1, -0.05) is 0 Å². The molecule has 1 N–H and O–H groups in total. The summed E-state index contributed by atoms with van der Waals surface area (Å²) in [4.78, 5) is 4.07. The summed E-state index contributed by atoms with van der Waals surface area (Å²) in [5.74, 6) is -0.312. The third kappa shape index (κ3) is 6.86. The van der Waals surface area contributed by atoms with Crippen LogP contribution in [0.25, 0.3) is 0 Å². The molecule has 0 aromatic carbocycles. The Labute approximate surface area is 109 Å². The van der Waals surface area contributed by atoms with Gasteiger partial charge in [-0.2, -0.15) is 0 Å². The fourth-order valence-corrected chi connectivity index (χ4v) is 2.10. The van der Waals surface area contributed by atoms with E-state index in [1.165, 1.54) is 0 Å². The van der Waals surface area contributed by atoms with E-state index in [2.05, 4.69) is 4.90 Å². The van der Waals surface area contributed by atoms with Crippen molar-refractivity contribution < 1.29 is 36.9 Å². The van der Waals surface area contributed by atoms with Crippen LogP contribution in [0.4, 0.5) is 0 Å². The molecular weight excluding hydrogens is 227 g/mol. The van der Waals surface area contributed by atoms with Crippen molar-refractivity contribution in [1.82, 2.24) is 9.80 Å². The average molecular weight is 244 g/mol. The predicted molar refractivity (Wildman–Crippen MR) is 54.5 cm³/mol. The van der Waals surface area contributed by atoms with Crippen molar-refractivity contribution >= 4 is 10.1 Å². The minimum absolute atomic E-state index is 0. The molecule has 0 amide bonds. The van der Waals surface area contributed by atoms with Crippen molar-refractivity contribution in [3.05, 3.63) is 0 Å². The molecule has 0 aromatic heterocycles. The quantitative estimate of drug-likeness (QED) is 0.386. The molecule has 0 unspecified atom stereocenters. The third-order valence-electron chi connectivity index (χ3n) is 2.54. The molecule has 0 bridgehead atoms. The summed E-state index contributed by atoms with van der Waals surface area (Å²) < 4.78 is 31.2. The van der Waals surface area contributed by atoms with Gasteiger partial charge in [-0.25, -0.2) is 8.42 Å². The van der Waals surface area contributed by atoms with Gasteiger partial charge in [0.1, 0.15) is 0 Å². The van der Waals surface area contributed by atoms with Crippen LogP contribution in [0.1, 0.15) is 0 Å². The Bertz CT molecular complexity index is 278. The second-order valence-electron chi connectivity index (χ2n) is 3.67. The summed E-state index contributed by atoms with van der Waals surface area (Å²) in [6, 6.07) is 0. The summed E-state index contributed by atoms with van der Waals surface area (Å²) in [6.07, 6.45) is 0. The fraction of sp³-hybridized carbons (Fsp3) is 1.00. The monoisotopic (exact) mass is 244 g/mol. The first-order valence-electron chi connectivity index (χ1n) is 5.00. The first-order chi connectivity index (χ1) is 7.01. The number of rotatable bonds is 5. The van der Waals surface area contributed by atoms with Crippen molar-refractivity contribution in [2.75, 3.05) is 51.6 Å². The van der Waals surface area contributed by atoms with Crippen LogP contribution < -0.4 is 18.9 Å². The molecule has 8 heteroatoms. The molecule has 1 saturated heterocycles. The van der Waals surface area contributed by atoms with E-state index < -0.39 is 10.1 Å². The maximum Gasteiger partial charge on any atom is 1.00 e. The largest absolute Gasteiger partial charge is 1.00 e. The maximum atomic E-state index is 10.4. The van der Waals surface area contributed by atoms with Gasteiger partial charge in [0, 0.05) is 39.3 Å². The van der Waals surface area contributed by atoms with Crippen LogP contribution in [-0.2, 0) is 10.1 Å². The number of nitrogens with zero attached hydrogens (tertiary/aromatic N) is 2. The molecule has 1 fully saturated rings. The predicted octanol–water partition coefficient (Wildman–Crippen LogP) is -4.85. The Balaban J connectivity index is 0.00000225. The molecule has 90 valence electrons. The number of aliphatic hydroxyl groups is 1. The minimum atomic E-state index is -4.09. The summed E-state index contributed by atoms with van der Waals surface area (Å²) in [5.41, 5.74) is 0. The van der Waals surface area contributed by atoms with Gasteiger partial charge in [-0.15, -0.1) is 0 Å². The Hall–Kier alpha value is 0.387. The zero-order valence-electron chi connectivity index (χ0n) is 9.63. The summed E-state index contributed by atoms with van der Waals surface area (Å²) >= 11 is 0. The molecular formula is C8H17LiN2O4S. The molecule has 0 saturated carbocycles. The Kier molecular flexibility index (Phi) is 7.85. The molecule has 1 aliphatic rings. The van der Waals surface area contributed by atoms with Gasteiger partial charge in [-0.05, 0) is 0 Å². The van der Waals surface area contributed by atoms with Crippen molar-refractivity contribution in [1.29, 1.82) is 0 Å². The Morgan fingerprint density at radius 1 is 1.06 bits per heavy atom. The first kappa shape index (κ1) is 16.4. The van der Waals surface area contributed by atoms with Crippen molar-refractivity contribution in [3.8, 4) is 0 Å². The molecule has 1 aliphatic heterocycles. The number of hydrogen-bond donors (Lipinski definition) is 1. The number of β-amino-alcohol motifs (C(OH)–C–C–N with tert-alkyl or cyclic N) is 1. The minimum Gasteiger partial charge on any atom is -0.748 e. The number of piperazine rings is 1. The van der Waals surface area contributed by atoms with Gasteiger partial charge in [0.15, 0.2) is 0 Å². The van der Waals surface area contributed by atoms with E-state index in [1.807, 2.05) is 4.90 Å². The van der Waals surface area contributed by atoms with Gasteiger partial charge in [-0.3, -0.25) is 9.80 Å². The summed E-state index contributed by atoms with van der Waals surface area (Å²) in [7, 11) is -4.09. The Morgan fingerprint density at radius 2 is 1.50 bits per heavy atom. The van der Waals surface area contributed by atoms with Gasteiger partial charge in [0.05, 0.1) is 22.5 Å². The van der Waals surface area contributed by atoms with Gasteiger partial charge in [0.2, 0.25) is 0 Å². The second-order valence-corrected chi connectivity index (χ2v) is 5.19. The maximum absolute atomic E-state index is 10.4. The van der Waals surface area contributed by atoms with Crippen molar-refractivity contribution in [2.45, 2.75) is 0 Å². The van der Waals surface area contributed by atoms with E-state index in [0.29, 0.717) is 13.1 Å². The average Bonchev–Trinajstić information content (AvgIpc) is 2.16. The molecule has 0 atom stereocenters. The molecule has 1 heterocycles. The van der Waals surface area contributed by atoms with Gasteiger partial charge >= 0.3 is 18.9 Å². The van der Waals surface area contributed by atoms with Crippen LogP contribution in [0.3, 0.4) is 0 Å².